The third-order valence-corrected chi connectivity index (χ3v) is 3.57. The van der Waals surface area contributed by atoms with Crippen molar-refractivity contribution in [3.05, 3.63) is 65.2 Å². The van der Waals surface area contributed by atoms with Crippen molar-refractivity contribution < 1.29 is 4.74 Å². The molecule has 2 aromatic carbocycles. The molecule has 0 spiro atoms. The highest BCUT2D eigenvalue weighted by Gasteiger charge is 2.08. The molecule has 1 aliphatic rings. The Hall–Kier alpha value is -1.51. The number of rotatable bonds is 3. The van der Waals surface area contributed by atoms with E-state index >= 15 is 0 Å². The summed E-state index contributed by atoms with van der Waals surface area (Å²) < 4.78 is 5.88. The Kier molecular flexibility index (Phi) is 5.45. The van der Waals surface area contributed by atoms with Crippen LogP contribution in [0, 0.1) is 0 Å². The maximum absolute atomic E-state index is 5.88. The van der Waals surface area contributed by atoms with Crippen molar-refractivity contribution in [2.45, 2.75) is 19.4 Å². The van der Waals surface area contributed by atoms with E-state index in [2.05, 4.69) is 35.6 Å². The molecule has 2 nitrogen and oxygen atoms in total. The van der Waals surface area contributed by atoms with Gasteiger partial charge in [0.1, 0.15) is 12.4 Å². The zero-order valence-corrected chi connectivity index (χ0v) is 12.3. The molecule has 0 unspecified atom stereocenters. The quantitative estimate of drug-likeness (QED) is 0.935. The van der Waals surface area contributed by atoms with Gasteiger partial charge < -0.3 is 10.1 Å². The van der Waals surface area contributed by atoms with Gasteiger partial charge in [-0.25, -0.2) is 0 Å². The van der Waals surface area contributed by atoms with Crippen LogP contribution >= 0.6 is 12.4 Å². The van der Waals surface area contributed by atoms with Crippen molar-refractivity contribution in [2.24, 2.45) is 0 Å². The molecule has 2 aromatic rings. The van der Waals surface area contributed by atoms with Gasteiger partial charge in [0.25, 0.3) is 0 Å². The highest BCUT2D eigenvalue weighted by atomic mass is 35.5. The number of ether oxygens (including phenoxy) is 1. The van der Waals surface area contributed by atoms with Crippen LogP contribution in [0.2, 0.25) is 0 Å². The van der Waals surface area contributed by atoms with E-state index in [1.165, 1.54) is 16.7 Å². The van der Waals surface area contributed by atoms with Gasteiger partial charge in [0.15, 0.2) is 0 Å². The highest BCUT2D eigenvalue weighted by molar-refractivity contribution is 5.85. The van der Waals surface area contributed by atoms with Crippen molar-refractivity contribution >= 4 is 12.4 Å². The monoisotopic (exact) mass is 289 g/mol. The predicted octanol–water partition coefficient (Wildman–Crippen LogP) is 3.38. The van der Waals surface area contributed by atoms with E-state index in [4.69, 9.17) is 4.74 Å². The molecule has 0 amide bonds. The van der Waals surface area contributed by atoms with Crippen molar-refractivity contribution in [2.75, 3.05) is 13.1 Å². The van der Waals surface area contributed by atoms with E-state index in [0.29, 0.717) is 6.61 Å². The Labute approximate surface area is 126 Å². The summed E-state index contributed by atoms with van der Waals surface area (Å²) in [5, 5.41) is 3.43. The van der Waals surface area contributed by atoms with Crippen molar-refractivity contribution in [3.8, 4) is 5.75 Å². The Morgan fingerprint density at radius 1 is 0.900 bits per heavy atom. The molecule has 0 bridgehead atoms. The topological polar surface area (TPSA) is 21.3 Å². The Bertz CT molecular complexity index is 542. The standard InChI is InChI=1S/C17H19NO.ClH/c1-2-4-14(5-3-1)13-19-17-7-6-15-8-10-18-11-9-16(15)12-17;/h1-7,12,18H,8-11,13H2;1H. The van der Waals surface area contributed by atoms with E-state index in [-0.39, 0.29) is 12.4 Å². The molecule has 0 saturated heterocycles. The molecule has 1 aliphatic heterocycles. The second-order valence-electron chi connectivity index (χ2n) is 4.95. The first-order chi connectivity index (χ1) is 9.42. The number of benzene rings is 2. The molecular weight excluding hydrogens is 270 g/mol. The summed E-state index contributed by atoms with van der Waals surface area (Å²) in [6, 6.07) is 16.8. The average molecular weight is 290 g/mol. The third-order valence-electron chi connectivity index (χ3n) is 3.57. The zero-order valence-electron chi connectivity index (χ0n) is 11.5. The molecule has 20 heavy (non-hydrogen) atoms. The van der Waals surface area contributed by atoms with Crippen LogP contribution in [0.5, 0.6) is 5.75 Å². The molecule has 3 rings (SSSR count). The SMILES string of the molecule is Cl.c1ccc(COc2ccc3c(c2)CCNCC3)cc1. The molecular formula is C17H20ClNO. The number of hydrogen-bond donors (Lipinski definition) is 1. The van der Waals surface area contributed by atoms with Gasteiger partial charge in [0.05, 0.1) is 0 Å². The minimum Gasteiger partial charge on any atom is -0.489 e. The van der Waals surface area contributed by atoms with Crippen LogP contribution in [-0.2, 0) is 19.4 Å². The van der Waals surface area contributed by atoms with Gasteiger partial charge in [0, 0.05) is 0 Å². The number of halogens is 1. The summed E-state index contributed by atoms with van der Waals surface area (Å²) >= 11 is 0. The van der Waals surface area contributed by atoms with Gasteiger partial charge in [-0.3, -0.25) is 0 Å². The van der Waals surface area contributed by atoms with Crippen LogP contribution < -0.4 is 10.1 Å². The lowest BCUT2D eigenvalue weighted by Crippen LogP contribution is -2.16. The summed E-state index contributed by atoms with van der Waals surface area (Å²) in [6.45, 7) is 2.78. The van der Waals surface area contributed by atoms with Crippen LogP contribution in [-0.4, -0.2) is 13.1 Å². The lowest BCUT2D eigenvalue weighted by Gasteiger charge is -2.10. The van der Waals surface area contributed by atoms with Crippen LogP contribution in [0.25, 0.3) is 0 Å². The van der Waals surface area contributed by atoms with E-state index in [0.717, 1.165) is 31.7 Å². The molecule has 0 fully saturated rings. The summed E-state index contributed by atoms with van der Waals surface area (Å²) in [5.41, 5.74) is 4.09. The van der Waals surface area contributed by atoms with Gasteiger partial charge >= 0.3 is 0 Å². The fourth-order valence-corrected chi connectivity index (χ4v) is 2.48. The average Bonchev–Trinajstić information content (AvgIpc) is 2.71. The molecule has 1 heterocycles. The molecule has 0 saturated carbocycles. The summed E-state index contributed by atoms with van der Waals surface area (Å²) in [4.78, 5) is 0. The molecule has 0 atom stereocenters. The van der Waals surface area contributed by atoms with Gasteiger partial charge in [0.2, 0.25) is 0 Å². The maximum Gasteiger partial charge on any atom is 0.120 e. The van der Waals surface area contributed by atoms with Gasteiger partial charge in [-0.05, 0) is 54.8 Å². The van der Waals surface area contributed by atoms with Crippen molar-refractivity contribution in [3.63, 3.8) is 0 Å². The predicted molar refractivity (Wildman–Crippen MR) is 84.7 cm³/mol. The smallest absolute Gasteiger partial charge is 0.120 e. The Morgan fingerprint density at radius 2 is 1.65 bits per heavy atom. The fraction of sp³-hybridized carbons (Fsp3) is 0.294. The summed E-state index contributed by atoms with van der Waals surface area (Å²) in [7, 11) is 0. The molecule has 1 N–H and O–H groups in total. The number of fused-ring (bicyclic) bond motifs is 1. The van der Waals surface area contributed by atoms with E-state index in [1.54, 1.807) is 0 Å². The van der Waals surface area contributed by atoms with E-state index < -0.39 is 0 Å². The first-order valence-electron chi connectivity index (χ1n) is 6.91. The fourth-order valence-electron chi connectivity index (χ4n) is 2.48. The highest BCUT2D eigenvalue weighted by Crippen LogP contribution is 2.21. The van der Waals surface area contributed by atoms with Crippen molar-refractivity contribution in [1.29, 1.82) is 0 Å². The second kappa shape index (κ2) is 7.32. The van der Waals surface area contributed by atoms with Crippen LogP contribution in [0.1, 0.15) is 16.7 Å². The van der Waals surface area contributed by atoms with Crippen molar-refractivity contribution in [1.82, 2.24) is 5.32 Å². The Morgan fingerprint density at radius 3 is 2.45 bits per heavy atom. The van der Waals surface area contributed by atoms with Gasteiger partial charge in [-0.15, -0.1) is 12.4 Å². The van der Waals surface area contributed by atoms with Crippen LogP contribution in [0.15, 0.2) is 48.5 Å². The molecule has 0 aliphatic carbocycles. The first kappa shape index (κ1) is 14.9. The lowest BCUT2D eigenvalue weighted by atomic mass is 10.0. The first-order valence-corrected chi connectivity index (χ1v) is 6.91. The Balaban J connectivity index is 0.00000147. The number of nitrogens with one attached hydrogen (secondary N) is 1. The van der Waals surface area contributed by atoms with Gasteiger partial charge in [-0.2, -0.15) is 0 Å². The molecule has 0 radical (unpaired) electrons. The van der Waals surface area contributed by atoms with Crippen LogP contribution in [0.3, 0.4) is 0 Å². The van der Waals surface area contributed by atoms with E-state index in [1.807, 2.05) is 18.2 Å². The van der Waals surface area contributed by atoms with Gasteiger partial charge in [-0.1, -0.05) is 36.4 Å². The largest absolute Gasteiger partial charge is 0.489 e. The van der Waals surface area contributed by atoms with E-state index in [9.17, 15) is 0 Å². The maximum atomic E-state index is 5.88. The number of hydrogen-bond acceptors (Lipinski definition) is 2. The molecule has 3 heteroatoms. The van der Waals surface area contributed by atoms with Crippen LogP contribution in [0.4, 0.5) is 0 Å². The lowest BCUT2D eigenvalue weighted by molar-refractivity contribution is 0.306. The normalized spacial score (nSPS) is 13.8. The summed E-state index contributed by atoms with van der Waals surface area (Å²) in [5.74, 6) is 0.976. The second-order valence-corrected chi connectivity index (χ2v) is 4.95. The molecule has 106 valence electrons. The minimum atomic E-state index is 0. The molecule has 0 aromatic heterocycles. The third kappa shape index (κ3) is 3.75. The summed E-state index contributed by atoms with van der Waals surface area (Å²) in [6.07, 6.45) is 2.21. The minimum absolute atomic E-state index is 0. The zero-order chi connectivity index (χ0) is 12.9.